The zero-order valence-electron chi connectivity index (χ0n) is 22.4. The number of fused-ring (bicyclic) bond motifs is 11. The molecule has 0 unspecified atom stereocenters. The number of hydrogen-bond acceptors (Lipinski definition) is 3. The molecule has 0 bridgehead atoms. The van der Waals surface area contributed by atoms with Crippen LogP contribution in [0.2, 0.25) is 0 Å². The van der Waals surface area contributed by atoms with Crippen molar-refractivity contribution in [1.82, 2.24) is 18.9 Å². The van der Waals surface area contributed by atoms with Crippen LogP contribution in [0.4, 0.5) is 0 Å². The molecule has 0 saturated heterocycles. The smallest absolute Gasteiger partial charge is 0.267 e. The minimum atomic E-state index is -0.110. The van der Waals surface area contributed by atoms with Gasteiger partial charge in [-0.2, -0.15) is 0 Å². The lowest BCUT2D eigenvalue weighted by atomic mass is 9.92. The van der Waals surface area contributed by atoms with E-state index >= 15 is 0 Å². The van der Waals surface area contributed by atoms with Gasteiger partial charge in [0.15, 0.2) is 5.65 Å². The Morgan fingerprint density at radius 3 is 1.86 bits per heavy atom. The van der Waals surface area contributed by atoms with Crippen LogP contribution >= 0.6 is 0 Å². The zero-order valence-corrected chi connectivity index (χ0v) is 22.4. The van der Waals surface area contributed by atoms with Crippen LogP contribution in [0.5, 0.6) is 0 Å². The van der Waals surface area contributed by atoms with Gasteiger partial charge in [0.1, 0.15) is 11.3 Å². The quantitative estimate of drug-likeness (QED) is 0.208. The number of aromatic nitrogens is 4. The molecule has 9 aromatic rings. The van der Waals surface area contributed by atoms with Gasteiger partial charge in [0, 0.05) is 17.8 Å². The summed E-state index contributed by atoms with van der Waals surface area (Å²) in [4.78, 5) is 23.2. The van der Waals surface area contributed by atoms with Gasteiger partial charge in [0.05, 0.1) is 11.1 Å². The van der Waals surface area contributed by atoms with Crippen molar-refractivity contribution in [3.63, 3.8) is 0 Å². The zero-order chi connectivity index (χ0) is 27.8. The predicted molar refractivity (Wildman–Crippen MR) is 172 cm³/mol. The highest BCUT2D eigenvalue weighted by molar-refractivity contribution is 6.25. The fourth-order valence-corrected chi connectivity index (χ4v) is 6.52. The Balaban J connectivity index is 1.31. The Morgan fingerprint density at radius 2 is 1.10 bits per heavy atom. The van der Waals surface area contributed by atoms with E-state index in [2.05, 4.69) is 88.8 Å². The maximum atomic E-state index is 14.0. The van der Waals surface area contributed by atoms with E-state index in [1.807, 2.05) is 40.8 Å². The molecule has 0 aliphatic heterocycles. The average molecular weight is 539 g/mol. The topological polar surface area (TPSA) is 52.2 Å². The van der Waals surface area contributed by atoms with Crippen molar-refractivity contribution < 1.29 is 0 Å². The second kappa shape index (κ2) is 8.59. The molecule has 0 aliphatic rings. The molecule has 0 amide bonds. The van der Waals surface area contributed by atoms with Crippen LogP contribution in [-0.2, 0) is 0 Å². The summed E-state index contributed by atoms with van der Waals surface area (Å²) >= 11 is 0. The van der Waals surface area contributed by atoms with Crippen LogP contribution in [0.1, 0.15) is 0 Å². The molecule has 9 rings (SSSR count). The van der Waals surface area contributed by atoms with Crippen LogP contribution < -0.4 is 5.56 Å². The third-order valence-electron chi connectivity index (χ3n) is 8.39. The van der Waals surface area contributed by atoms with E-state index in [9.17, 15) is 4.79 Å². The van der Waals surface area contributed by atoms with E-state index in [1.165, 1.54) is 32.3 Å². The lowest BCUT2D eigenvalue weighted by Crippen LogP contribution is -2.21. The van der Waals surface area contributed by atoms with Crippen molar-refractivity contribution in [1.29, 1.82) is 0 Å². The Kier molecular flexibility index (Phi) is 4.70. The average Bonchev–Trinajstić information content (AvgIpc) is 3.44. The number of benzene rings is 5. The summed E-state index contributed by atoms with van der Waals surface area (Å²) in [5, 5.41) is 8.94. The van der Waals surface area contributed by atoms with Gasteiger partial charge in [-0.3, -0.25) is 13.8 Å². The van der Waals surface area contributed by atoms with Crippen molar-refractivity contribution >= 4 is 60.0 Å². The van der Waals surface area contributed by atoms with Gasteiger partial charge in [-0.25, -0.2) is 9.97 Å². The second-order valence-corrected chi connectivity index (χ2v) is 10.7. The maximum Gasteiger partial charge on any atom is 0.267 e. The second-order valence-electron chi connectivity index (χ2n) is 10.7. The first-order valence-corrected chi connectivity index (χ1v) is 14.0. The van der Waals surface area contributed by atoms with Crippen molar-refractivity contribution in [2.75, 3.05) is 0 Å². The highest BCUT2D eigenvalue weighted by Gasteiger charge is 2.17. The van der Waals surface area contributed by atoms with Crippen molar-refractivity contribution in [2.24, 2.45) is 0 Å². The van der Waals surface area contributed by atoms with Gasteiger partial charge in [-0.1, -0.05) is 72.8 Å². The number of hydrogen-bond donors (Lipinski definition) is 0. The van der Waals surface area contributed by atoms with Crippen LogP contribution in [0, 0.1) is 0 Å². The van der Waals surface area contributed by atoms with Gasteiger partial charge >= 0.3 is 0 Å². The SMILES string of the molecule is O=c1c2cccnc2n2c3ncccc3cc2n1-c1cccc(-c2ccc3c4ccccc4c4ccccc4c3c2)c1. The van der Waals surface area contributed by atoms with Crippen LogP contribution in [0.15, 0.2) is 139 Å². The molecule has 4 aromatic heterocycles. The third kappa shape index (κ3) is 3.16. The Hall–Kier alpha value is -5.81. The van der Waals surface area contributed by atoms with Gasteiger partial charge in [-0.15, -0.1) is 0 Å². The molecule has 0 fully saturated rings. The Morgan fingerprint density at radius 1 is 0.476 bits per heavy atom. The molecule has 196 valence electrons. The summed E-state index contributed by atoms with van der Waals surface area (Å²) in [5.41, 5.74) is 4.92. The number of rotatable bonds is 2. The highest BCUT2D eigenvalue weighted by Crippen LogP contribution is 2.37. The molecular weight excluding hydrogens is 516 g/mol. The summed E-state index contributed by atoms with van der Waals surface area (Å²) in [5.74, 6) is 0. The van der Waals surface area contributed by atoms with Crippen LogP contribution in [-0.4, -0.2) is 18.9 Å². The van der Waals surface area contributed by atoms with E-state index in [0.717, 1.165) is 33.5 Å². The molecular formula is C37H22N4O. The fourth-order valence-electron chi connectivity index (χ4n) is 6.52. The lowest BCUT2D eigenvalue weighted by Gasteiger charge is -2.14. The van der Waals surface area contributed by atoms with Crippen molar-refractivity contribution in [3.8, 4) is 16.8 Å². The van der Waals surface area contributed by atoms with Gasteiger partial charge in [0.25, 0.3) is 5.56 Å². The standard InChI is InChI=1S/C37H22N4O/c42-37-32-15-7-19-39-36(32)41-34(22-25-9-6-18-38-35(25)41)40(37)26-10-5-8-23(20-26)24-16-17-31-29-13-2-1-11-27(29)28-12-3-4-14-30(28)33(31)21-24/h1-22H. The molecule has 5 heteroatoms. The molecule has 0 aliphatic carbocycles. The van der Waals surface area contributed by atoms with Crippen molar-refractivity contribution in [2.45, 2.75) is 0 Å². The molecule has 0 saturated carbocycles. The first-order valence-electron chi connectivity index (χ1n) is 14.0. The Bertz CT molecular complexity index is 2580. The summed E-state index contributed by atoms with van der Waals surface area (Å²) in [7, 11) is 0. The minimum Gasteiger partial charge on any atom is -0.268 e. The minimum absolute atomic E-state index is 0.110. The maximum absolute atomic E-state index is 14.0. The van der Waals surface area contributed by atoms with Crippen LogP contribution in [0.25, 0.3) is 76.8 Å². The predicted octanol–water partition coefficient (Wildman–Crippen LogP) is 8.31. The summed E-state index contributed by atoms with van der Waals surface area (Å²) in [6, 6.07) is 41.7. The van der Waals surface area contributed by atoms with E-state index in [1.54, 1.807) is 23.0 Å². The lowest BCUT2D eigenvalue weighted by molar-refractivity contribution is 0.994. The summed E-state index contributed by atoms with van der Waals surface area (Å²) in [6.07, 6.45) is 3.49. The normalized spacial score (nSPS) is 11.9. The number of nitrogens with zero attached hydrogens (tertiary/aromatic N) is 4. The molecule has 0 radical (unpaired) electrons. The van der Waals surface area contributed by atoms with Crippen molar-refractivity contribution in [3.05, 3.63) is 144 Å². The first kappa shape index (κ1) is 22.9. The van der Waals surface area contributed by atoms with Gasteiger partial charge < -0.3 is 0 Å². The highest BCUT2D eigenvalue weighted by atomic mass is 16.1. The largest absolute Gasteiger partial charge is 0.268 e. The van der Waals surface area contributed by atoms with E-state index in [4.69, 9.17) is 0 Å². The molecule has 4 heterocycles. The third-order valence-corrected chi connectivity index (χ3v) is 8.39. The number of pyridine rings is 2. The van der Waals surface area contributed by atoms with Crippen LogP contribution in [0.3, 0.4) is 0 Å². The molecule has 5 nitrogen and oxygen atoms in total. The summed E-state index contributed by atoms with van der Waals surface area (Å²) in [6.45, 7) is 0. The Labute approximate surface area is 239 Å². The monoisotopic (exact) mass is 538 g/mol. The summed E-state index contributed by atoms with van der Waals surface area (Å²) < 4.78 is 3.76. The van der Waals surface area contributed by atoms with Gasteiger partial charge in [-0.05, 0) is 92.0 Å². The molecule has 0 spiro atoms. The molecule has 5 aromatic carbocycles. The fraction of sp³-hybridized carbons (Fsp3) is 0. The van der Waals surface area contributed by atoms with Gasteiger partial charge in [0.2, 0.25) is 0 Å². The van der Waals surface area contributed by atoms with E-state index in [-0.39, 0.29) is 5.56 Å². The van der Waals surface area contributed by atoms with E-state index < -0.39 is 0 Å². The van der Waals surface area contributed by atoms with E-state index in [0.29, 0.717) is 11.0 Å². The molecule has 42 heavy (non-hydrogen) atoms. The first-order chi connectivity index (χ1) is 20.8. The molecule has 0 N–H and O–H groups in total. The molecule has 0 atom stereocenters.